The SMILES string of the molecule is CCC(CC)(CBr)CNS(=O)(=O)C1CCS(=O)(=O)CC1. The molecular weight excluding hydrogens is 366 g/mol. The Labute approximate surface area is 131 Å². The van der Waals surface area contributed by atoms with Gasteiger partial charge in [-0.15, -0.1) is 0 Å². The normalized spacial score (nSPS) is 20.9. The molecule has 1 fully saturated rings. The predicted octanol–water partition coefficient (Wildman–Crippen LogP) is 1.68. The highest BCUT2D eigenvalue weighted by Crippen LogP contribution is 2.28. The van der Waals surface area contributed by atoms with Crippen molar-refractivity contribution >= 4 is 35.8 Å². The number of nitrogens with one attached hydrogen (secondary N) is 1. The average Bonchev–Trinajstić information content (AvgIpc) is 2.40. The van der Waals surface area contributed by atoms with Crippen molar-refractivity contribution in [1.82, 2.24) is 4.72 Å². The van der Waals surface area contributed by atoms with Crippen molar-refractivity contribution in [2.45, 2.75) is 44.8 Å². The summed E-state index contributed by atoms with van der Waals surface area (Å²) >= 11 is 3.46. The Morgan fingerprint density at radius 1 is 1.20 bits per heavy atom. The van der Waals surface area contributed by atoms with Gasteiger partial charge in [-0.25, -0.2) is 21.6 Å². The maximum Gasteiger partial charge on any atom is 0.214 e. The van der Waals surface area contributed by atoms with Crippen LogP contribution < -0.4 is 4.72 Å². The van der Waals surface area contributed by atoms with Gasteiger partial charge in [-0.2, -0.15) is 0 Å². The molecule has 1 N–H and O–H groups in total. The predicted molar refractivity (Wildman–Crippen MR) is 85.4 cm³/mol. The van der Waals surface area contributed by atoms with E-state index in [-0.39, 0.29) is 29.8 Å². The molecule has 0 amide bonds. The van der Waals surface area contributed by atoms with Crippen LogP contribution in [0.4, 0.5) is 0 Å². The number of sulfonamides is 1. The monoisotopic (exact) mass is 389 g/mol. The first-order valence-electron chi connectivity index (χ1n) is 6.95. The van der Waals surface area contributed by atoms with E-state index >= 15 is 0 Å². The molecule has 20 heavy (non-hydrogen) atoms. The molecular formula is C12H24BrNO4S2. The lowest BCUT2D eigenvalue weighted by Crippen LogP contribution is -2.44. The maximum atomic E-state index is 12.3. The van der Waals surface area contributed by atoms with Gasteiger partial charge < -0.3 is 0 Å². The maximum absolute atomic E-state index is 12.3. The third-order valence-corrected chi connectivity index (χ3v) is 9.17. The second kappa shape index (κ2) is 7.07. The summed E-state index contributed by atoms with van der Waals surface area (Å²) in [6.07, 6.45) is 2.18. The number of hydrogen-bond donors (Lipinski definition) is 1. The third kappa shape index (κ3) is 4.68. The van der Waals surface area contributed by atoms with Crippen LogP contribution >= 0.6 is 15.9 Å². The van der Waals surface area contributed by atoms with Gasteiger partial charge in [0.25, 0.3) is 0 Å². The van der Waals surface area contributed by atoms with Crippen molar-refractivity contribution in [3.05, 3.63) is 0 Å². The molecule has 5 nitrogen and oxygen atoms in total. The van der Waals surface area contributed by atoms with E-state index in [1.165, 1.54) is 0 Å². The Kier molecular flexibility index (Phi) is 6.50. The highest BCUT2D eigenvalue weighted by atomic mass is 79.9. The van der Waals surface area contributed by atoms with Gasteiger partial charge in [-0.1, -0.05) is 29.8 Å². The molecule has 0 atom stereocenters. The summed E-state index contributed by atoms with van der Waals surface area (Å²) in [4.78, 5) is 0. The average molecular weight is 390 g/mol. The number of alkyl halides is 1. The molecule has 0 saturated carbocycles. The molecule has 0 unspecified atom stereocenters. The number of halogens is 1. The van der Waals surface area contributed by atoms with Crippen molar-refractivity contribution in [1.29, 1.82) is 0 Å². The molecule has 0 aliphatic carbocycles. The Bertz CT molecular complexity index is 489. The van der Waals surface area contributed by atoms with Crippen molar-refractivity contribution < 1.29 is 16.8 Å². The van der Waals surface area contributed by atoms with Gasteiger partial charge >= 0.3 is 0 Å². The molecule has 0 aromatic heterocycles. The summed E-state index contributed by atoms with van der Waals surface area (Å²) in [6.45, 7) is 4.50. The Morgan fingerprint density at radius 2 is 1.70 bits per heavy atom. The van der Waals surface area contributed by atoms with Crippen LogP contribution in [0, 0.1) is 5.41 Å². The molecule has 0 radical (unpaired) electrons. The van der Waals surface area contributed by atoms with E-state index < -0.39 is 25.1 Å². The fourth-order valence-electron chi connectivity index (χ4n) is 2.29. The molecule has 0 aromatic rings. The summed E-state index contributed by atoms with van der Waals surface area (Å²) in [5, 5.41) is 0.168. The Hall–Kier alpha value is 0.340. The zero-order chi connectivity index (χ0) is 15.4. The molecule has 1 heterocycles. The Morgan fingerprint density at radius 3 is 2.10 bits per heavy atom. The van der Waals surface area contributed by atoms with Crippen LogP contribution in [0.25, 0.3) is 0 Å². The lowest BCUT2D eigenvalue weighted by molar-refractivity contribution is 0.309. The first-order valence-corrected chi connectivity index (χ1v) is 11.4. The molecule has 1 saturated heterocycles. The van der Waals surface area contributed by atoms with E-state index in [9.17, 15) is 16.8 Å². The van der Waals surface area contributed by atoms with E-state index in [1.807, 2.05) is 13.8 Å². The van der Waals surface area contributed by atoms with Crippen molar-refractivity contribution in [3.8, 4) is 0 Å². The second-order valence-electron chi connectivity index (χ2n) is 5.56. The summed E-state index contributed by atoms with van der Waals surface area (Å²) in [5.41, 5.74) is -0.0756. The van der Waals surface area contributed by atoms with Gasteiger partial charge in [0.05, 0.1) is 16.8 Å². The van der Waals surface area contributed by atoms with E-state index in [0.29, 0.717) is 6.54 Å². The molecule has 0 bridgehead atoms. The summed E-state index contributed by atoms with van der Waals surface area (Å²) in [7, 11) is -6.47. The minimum atomic E-state index is -3.43. The molecule has 120 valence electrons. The Balaban J connectivity index is 2.67. The molecule has 8 heteroatoms. The highest BCUT2D eigenvalue weighted by Gasteiger charge is 2.34. The van der Waals surface area contributed by atoms with Gasteiger partial charge in [0.15, 0.2) is 0 Å². The van der Waals surface area contributed by atoms with Gasteiger partial charge in [-0.05, 0) is 31.1 Å². The first-order chi connectivity index (χ1) is 9.20. The zero-order valence-corrected chi connectivity index (χ0v) is 15.3. The fourth-order valence-corrected chi connectivity index (χ4v) is 6.67. The van der Waals surface area contributed by atoms with Gasteiger partial charge in [-0.3, -0.25) is 0 Å². The van der Waals surface area contributed by atoms with Crippen LogP contribution in [0.5, 0.6) is 0 Å². The third-order valence-electron chi connectivity index (χ3n) is 4.37. The fraction of sp³-hybridized carbons (Fsp3) is 1.00. The first kappa shape index (κ1) is 18.4. The van der Waals surface area contributed by atoms with Crippen LogP contribution in [0.3, 0.4) is 0 Å². The van der Waals surface area contributed by atoms with E-state index in [0.717, 1.165) is 18.2 Å². The van der Waals surface area contributed by atoms with Crippen LogP contribution in [0.1, 0.15) is 39.5 Å². The standard InChI is InChI=1S/C12H24BrNO4S2/c1-3-12(4-2,9-13)10-14-20(17,18)11-5-7-19(15,16)8-6-11/h11,14H,3-10H2,1-2H3. The van der Waals surface area contributed by atoms with E-state index in [1.54, 1.807) is 0 Å². The second-order valence-corrected chi connectivity index (χ2v) is 10.5. The van der Waals surface area contributed by atoms with Gasteiger partial charge in [0.1, 0.15) is 9.84 Å². The topological polar surface area (TPSA) is 80.3 Å². The van der Waals surface area contributed by atoms with Gasteiger partial charge in [0, 0.05) is 11.9 Å². The van der Waals surface area contributed by atoms with Gasteiger partial charge in [0.2, 0.25) is 10.0 Å². The highest BCUT2D eigenvalue weighted by molar-refractivity contribution is 9.09. The minimum Gasteiger partial charge on any atom is -0.229 e. The molecule has 1 rings (SSSR count). The number of rotatable bonds is 7. The molecule has 0 aromatic carbocycles. The quantitative estimate of drug-likeness (QED) is 0.671. The van der Waals surface area contributed by atoms with Crippen LogP contribution in [-0.2, 0) is 19.9 Å². The zero-order valence-electron chi connectivity index (χ0n) is 12.1. The minimum absolute atomic E-state index is 0.0241. The lowest BCUT2D eigenvalue weighted by Gasteiger charge is -2.31. The summed E-state index contributed by atoms with van der Waals surface area (Å²) in [6, 6.07) is 0. The van der Waals surface area contributed by atoms with Crippen molar-refractivity contribution in [2.24, 2.45) is 5.41 Å². The molecule has 1 aliphatic heterocycles. The van der Waals surface area contributed by atoms with Crippen molar-refractivity contribution in [2.75, 3.05) is 23.4 Å². The van der Waals surface area contributed by atoms with E-state index in [4.69, 9.17) is 0 Å². The number of hydrogen-bond acceptors (Lipinski definition) is 4. The summed E-state index contributed by atoms with van der Waals surface area (Å²) in [5.74, 6) is -0.0482. The molecule has 1 aliphatic rings. The van der Waals surface area contributed by atoms with Crippen LogP contribution in [-0.4, -0.2) is 45.5 Å². The number of sulfone groups is 1. The van der Waals surface area contributed by atoms with Crippen LogP contribution in [0.15, 0.2) is 0 Å². The van der Waals surface area contributed by atoms with Crippen molar-refractivity contribution in [3.63, 3.8) is 0 Å². The van der Waals surface area contributed by atoms with Crippen LogP contribution in [0.2, 0.25) is 0 Å². The lowest BCUT2D eigenvalue weighted by atomic mass is 9.85. The largest absolute Gasteiger partial charge is 0.229 e. The van der Waals surface area contributed by atoms with E-state index in [2.05, 4.69) is 20.7 Å². The smallest absolute Gasteiger partial charge is 0.214 e. The summed E-state index contributed by atoms with van der Waals surface area (Å²) < 4.78 is 50.0. The molecule has 0 spiro atoms.